The minimum Gasteiger partial charge on any atom is -0.372 e. The summed E-state index contributed by atoms with van der Waals surface area (Å²) in [5, 5.41) is 5.62. The Kier molecular flexibility index (Phi) is 4.53. The predicted octanol–water partition coefficient (Wildman–Crippen LogP) is 2.85. The highest BCUT2D eigenvalue weighted by atomic mass is 35.5. The Morgan fingerprint density at radius 2 is 2.20 bits per heavy atom. The number of anilines is 1. The Balaban J connectivity index is 2.06. The number of nitrogens with zero attached hydrogens (tertiary/aromatic N) is 1. The lowest BCUT2D eigenvalue weighted by atomic mass is 10.2. The molecule has 4 nitrogen and oxygen atoms in total. The lowest BCUT2D eigenvalue weighted by molar-refractivity contribution is 0.0951. The van der Waals surface area contributed by atoms with Crippen LogP contribution in [0.15, 0.2) is 36.5 Å². The number of carbonyl (C=O) groups is 1. The van der Waals surface area contributed by atoms with Crippen molar-refractivity contribution in [2.75, 3.05) is 12.4 Å². The Bertz CT molecular complexity index is 634. The van der Waals surface area contributed by atoms with E-state index in [1.165, 1.54) is 12.1 Å². The minimum atomic E-state index is -0.480. The van der Waals surface area contributed by atoms with Gasteiger partial charge in [0, 0.05) is 19.8 Å². The zero-order valence-corrected chi connectivity index (χ0v) is 11.5. The Hall–Kier alpha value is -2.14. The van der Waals surface area contributed by atoms with Crippen molar-refractivity contribution in [2.24, 2.45) is 0 Å². The third-order valence-corrected chi connectivity index (χ3v) is 3.02. The molecule has 1 heterocycles. The average molecular weight is 294 g/mol. The van der Waals surface area contributed by atoms with Crippen LogP contribution in [0.1, 0.15) is 15.9 Å². The topological polar surface area (TPSA) is 54.0 Å². The van der Waals surface area contributed by atoms with E-state index in [2.05, 4.69) is 15.6 Å². The average Bonchev–Trinajstić information content (AvgIpc) is 2.48. The molecule has 0 bridgehead atoms. The molecule has 6 heteroatoms. The van der Waals surface area contributed by atoms with E-state index in [1.807, 2.05) is 0 Å². The van der Waals surface area contributed by atoms with Gasteiger partial charge in [0.05, 0.1) is 10.6 Å². The summed E-state index contributed by atoms with van der Waals surface area (Å²) < 4.78 is 13.0. The molecule has 2 N–H and O–H groups in total. The maximum Gasteiger partial charge on any atom is 0.255 e. The van der Waals surface area contributed by atoms with Gasteiger partial charge in [0.2, 0.25) is 0 Å². The maximum atomic E-state index is 13.0. The molecule has 20 heavy (non-hydrogen) atoms. The molecule has 0 fully saturated rings. The SMILES string of the molecule is CNc1ncccc1C(=O)NCc1ccc(F)c(Cl)c1. The van der Waals surface area contributed by atoms with Crippen molar-refractivity contribution in [3.63, 3.8) is 0 Å². The zero-order chi connectivity index (χ0) is 14.5. The summed E-state index contributed by atoms with van der Waals surface area (Å²) in [6.45, 7) is 0.261. The number of halogens is 2. The fourth-order valence-corrected chi connectivity index (χ4v) is 1.92. The molecule has 1 aromatic carbocycles. The van der Waals surface area contributed by atoms with E-state index in [9.17, 15) is 9.18 Å². The van der Waals surface area contributed by atoms with E-state index in [0.717, 1.165) is 5.56 Å². The zero-order valence-electron chi connectivity index (χ0n) is 10.8. The van der Waals surface area contributed by atoms with Crippen LogP contribution in [0.2, 0.25) is 5.02 Å². The molecule has 0 radical (unpaired) electrons. The largest absolute Gasteiger partial charge is 0.372 e. The molecule has 104 valence electrons. The van der Waals surface area contributed by atoms with Gasteiger partial charge < -0.3 is 10.6 Å². The highest BCUT2D eigenvalue weighted by Crippen LogP contribution is 2.16. The van der Waals surface area contributed by atoms with Gasteiger partial charge in [-0.3, -0.25) is 4.79 Å². The number of nitrogens with one attached hydrogen (secondary N) is 2. The molecule has 0 aliphatic rings. The molecule has 0 saturated heterocycles. The molecule has 2 aromatic rings. The summed E-state index contributed by atoms with van der Waals surface area (Å²) in [7, 11) is 1.69. The van der Waals surface area contributed by atoms with Crippen LogP contribution < -0.4 is 10.6 Å². The van der Waals surface area contributed by atoms with Gasteiger partial charge in [-0.2, -0.15) is 0 Å². The summed E-state index contributed by atoms with van der Waals surface area (Å²) in [5.74, 6) is -0.239. The minimum absolute atomic E-state index is 0.0361. The Labute approximate surface area is 121 Å². The third-order valence-electron chi connectivity index (χ3n) is 2.73. The first-order chi connectivity index (χ1) is 9.61. The lowest BCUT2D eigenvalue weighted by Crippen LogP contribution is -2.24. The van der Waals surface area contributed by atoms with E-state index in [0.29, 0.717) is 11.4 Å². The molecular weight excluding hydrogens is 281 g/mol. The van der Waals surface area contributed by atoms with E-state index >= 15 is 0 Å². The Morgan fingerprint density at radius 3 is 2.90 bits per heavy atom. The summed E-state index contributed by atoms with van der Waals surface area (Å²) >= 11 is 5.69. The van der Waals surface area contributed by atoms with Gasteiger partial charge in [-0.25, -0.2) is 9.37 Å². The summed E-state index contributed by atoms with van der Waals surface area (Å²) in [6.07, 6.45) is 1.60. The van der Waals surface area contributed by atoms with Gasteiger partial charge in [0.1, 0.15) is 11.6 Å². The van der Waals surface area contributed by atoms with Crippen LogP contribution in [0, 0.1) is 5.82 Å². The number of benzene rings is 1. The monoisotopic (exact) mass is 293 g/mol. The normalized spacial score (nSPS) is 10.2. The molecular formula is C14H13ClFN3O. The van der Waals surface area contributed by atoms with Crippen molar-refractivity contribution < 1.29 is 9.18 Å². The number of carbonyl (C=O) groups excluding carboxylic acids is 1. The van der Waals surface area contributed by atoms with Crippen LogP contribution in [0.3, 0.4) is 0 Å². The molecule has 1 amide bonds. The van der Waals surface area contributed by atoms with E-state index in [-0.39, 0.29) is 17.5 Å². The van der Waals surface area contributed by atoms with Gasteiger partial charge in [0.15, 0.2) is 0 Å². The van der Waals surface area contributed by atoms with Crippen LogP contribution in [-0.2, 0) is 6.54 Å². The Morgan fingerprint density at radius 1 is 1.40 bits per heavy atom. The van der Waals surface area contributed by atoms with Crippen molar-refractivity contribution in [3.05, 3.63) is 58.5 Å². The molecule has 0 unspecified atom stereocenters. The first kappa shape index (κ1) is 14.3. The second kappa shape index (κ2) is 6.34. The smallest absolute Gasteiger partial charge is 0.255 e. The summed E-state index contributed by atoms with van der Waals surface area (Å²) in [5.41, 5.74) is 1.17. The number of rotatable bonds is 4. The van der Waals surface area contributed by atoms with Gasteiger partial charge in [-0.05, 0) is 29.8 Å². The van der Waals surface area contributed by atoms with Crippen LogP contribution >= 0.6 is 11.6 Å². The van der Waals surface area contributed by atoms with Crippen LogP contribution in [0.5, 0.6) is 0 Å². The maximum absolute atomic E-state index is 13.0. The van der Waals surface area contributed by atoms with Crippen molar-refractivity contribution in [2.45, 2.75) is 6.54 Å². The molecule has 2 rings (SSSR count). The number of aromatic nitrogens is 1. The number of amides is 1. The number of pyridine rings is 1. The van der Waals surface area contributed by atoms with Gasteiger partial charge in [-0.15, -0.1) is 0 Å². The fraction of sp³-hybridized carbons (Fsp3) is 0.143. The predicted molar refractivity (Wildman–Crippen MR) is 76.4 cm³/mol. The van der Waals surface area contributed by atoms with E-state index < -0.39 is 5.82 Å². The molecule has 0 aliphatic heterocycles. The fourth-order valence-electron chi connectivity index (χ4n) is 1.71. The summed E-state index contributed by atoms with van der Waals surface area (Å²) in [4.78, 5) is 16.1. The summed E-state index contributed by atoms with van der Waals surface area (Å²) in [6, 6.07) is 7.69. The van der Waals surface area contributed by atoms with Gasteiger partial charge in [0.25, 0.3) is 5.91 Å². The van der Waals surface area contributed by atoms with Crippen molar-refractivity contribution in [3.8, 4) is 0 Å². The standard InChI is InChI=1S/C14H13ClFN3O/c1-17-13-10(3-2-6-18-13)14(20)19-8-9-4-5-12(16)11(15)7-9/h2-7H,8H2,1H3,(H,17,18)(H,19,20). The quantitative estimate of drug-likeness (QED) is 0.911. The van der Waals surface area contributed by atoms with Gasteiger partial charge in [-0.1, -0.05) is 17.7 Å². The third kappa shape index (κ3) is 3.24. The van der Waals surface area contributed by atoms with Crippen molar-refractivity contribution >= 4 is 23.3 Å². The second-order valence-corrected chi connectivity index (χ2v) is 4.49. The molecule has 1 aromatic heterocycles. The van der Waals surface area contributed by atoms with E-state index in [4.69, 9.17) is 11.6 Å². The number of hydrogen-bond acceptors (Lipinski definition) is 3. The highest BCUT2D eigenvalue weighted by Gasteiger charge is 2.11. The second-order valence-electron chi connectivity index (χ2n) is 4.08. The molecule has 0 spiro atoms. The van der Waals surface area contributed by atoms with Crippen LogP contribution in [0.4, 0.5) is 10.2 Å². The van der Waals surface area contributed by atoms with Crippen molar-refractivity contribution in [1.29, 1.82) is 0 Å². The first-order valence-corrected chi connectivity index (χ1v) is 6.34. The highest BCUT2D eigenvalue weighted by molar-refractivity contribution is 6.30. The molecule has 0 saturated carbocycles. The molecule has 0 atom stereocenters. The first-order valence-electron chi connectivity index (χ1n) is 5.96. The molecule has 0 aliphatic carbocycles. The number of hydrogen-bond donors (Lipinski definition) is 2. The van der Waals surface area contributed by atoms with Crippen LogP contribution in [-0.4, -0.2) is 17.9 Å². The van der Waals surface area contributed by atoms with E-state index in [1.54, 1.807) is 31.4 Å². The van der Waals surface area contributed by atoms with Gasteiger partial charge >= 0.3 is 0 Å². The lowest BCUT2D eigenvalue weighted by Gasteiger charge is -2.09. The van der Waals surface area contributed by atoms with Crippen molar-refractivity contribution in [1.82, 2.24) is 10.3 Å². The van der Waals surface area contributed by atoms with Crippen LogP contribution in [0.25, 0.3) is 0 Å².